The van der Waals surface area contributed by atoms with Gasteiger partial charge in [-0.25, -0.2) is 4.63 Å². The van der Waals surface area contributed by atoms with E-state index in [4.69, 9.17) is 11.6 Å². The van der Waals surface area contributed by atoms with E-state index >= 15 is 0 Å². The molecule has 0 aliphatic rings. The summed E-state index contributed by atoms with van der Waals surface area (Å²) in [5, 5.41) is 31.1. The number of nitrogens with zero attached hydrogens (tertiary/aromatic N) is 4. The molecule has 14 heteroatoms. The Kier molecular flexibility index (Phi) is 4.31. The third kappa shape index (κ3) is 3.31. The lowest BCUT2D eigenvalue weighted by molar-refractivity contribution is -0.392. The summed E-state index contributed by atoms with van der Waals surface area (Å²) >= 11 is 5.59. The minimum Gasteiger partial charge on any atom is -0.347 e. The topological polar surface area (TPSA) is 137 Å². The smallest absolute Gasteiger partial charge is 0.347 e. The molecule has 2 aromatic carbocycles. The Morgan fingerprint density at radius 1 is 1.04 bits per heavy atom. The van der Waals surface area contributed by atoms with Crippen molar-refractivity contribution < 1.29 is 27.6 Å². The number of fused-ring (bicyclic) bond motifs is 1. The molecule has 0 atom stereocenters. The Balaban J connectivity index is 2.26. The third-order valence-corrected chi connectivity index (χ3v) is 3.67. The summed E-state index contributed by atoms with van der Waals surface area (Å²) in [7, 11) is 0. The number of rotatable bonds is 4. The van der Waals surface area contributed by atoms with Crippen LogP contribution in [0.25, 0.3) is 11.0 Å². The van der Waals surface area contributed by atoms with Gasteiger partial charge in [0.05, 0.1) is 27.2 Å². The number of nitro benzene ring substituents is 2. The Morgan fingerprint density at radius 3 is 2.26 bits per heavy atom. The molecule has 1 heterocycles. The summed E-state index contributed by atoms with van der Waals surface area (Å²) < 4.78 is 44.1. The fraction of sp³-hybridized carbons (Fsp3) is 0.0769. The fourth-order valence-electron chi connectivity index (χ4n) is 2.31. The molecule has 27 heavy (non-hydrogen) atoms. The molecular formula is C13H5ClF3N5O5. The van der Waals surface area contributed by atoms with Crippen molar-refractivity contribution in [2.24, 2.45) is 0 Å². The Morgan fingerprint density at radius 2 is 1.67 bits per heavy atom. The lowest BCUT2D eigenvalue weighted by atomic mass is 10.1. The number of hydrogen-bond donors (Lipinski definition) is 1. The van der Waals surface area contributed by atoms with Crippen LogP contribution in [0.4, 0.5) is 35.9 Å². The first-order chi connectivity index (χ1) is 12.6. The Labute approximate surface area is 150 Å². The van der Waals surface area contributed by atoms with E-state index in [0.717, 1.165) is 12.1 Å². The number of nitro groups is 2. The third-order valence-electron chi connectivity index (χ3n) is 3.44. The van der Waals surface area contributed by atoms with Gasteiger partial charge in [-0.3, -0.25) is 20.2 Å². The maximum absolute atomic E-state index is 13.2. The number of halogens is 4. The van der Waals surface area contributed by atoms with Crippen LogP contribution in [0.15, 0.2) is 28.9 Å². The van der Waals surface area contributed by atoms with Gasteiger partial charge < -0.3 is 5.32 Å². The predicted octanol–water partition coefficient (Wildman–Crippen LogP) is 4.46. The maximum atomic E-state index is 13.2. The van der Waals surface area contributed by atoms with Gasteiger partial charge in [0.25, 0.3) is 0 Å². The van der Waals surface area contributed by atoms with E-state index in [9.17, 15) is 33.4 Å². The van der Waals surface area contributed by atoms with E-state index in [1.165, 1.54) is 0 Å². The molecule has 140 valence electrons. The summed E-state index contributed by atoms with van der Waals surface area (Å²) in [6.07, 6.45) is -4.83. The van der Waals surface area contributed by atoms with Crippen molar-refractivity contribution in [2.75, 3.05) is 5.32 Å². The van der Waals surface area contributed by atoms with Crippen LogP contribution in [0.3, 0.4) is 0 Å². The van der Waals surface area contributed by atoms with Crippen molar-refractivity contribution in [3.05, 3.63) is 55.1 Å². The zero-order chi connectivity index (χ0) is 19.9. The Hall–Kier alpha value is -3.48. The van der Waals surface area contributed by atoms with Gasteiger partial charge in [-0.15, -0.1) is 0 Å². The van der Waals surface area contributed by atoms with Crippen molar-refractivity contribution in [1.82, 2.24) is 10.3 Å². The molecule has 0 saturated carbocycles. The quantitative estimate of drug-likeness (QED) is 0.498. The van der Waals surface area contributed by atoms with E-state index in [-0.39, 0.29) is 5.02 Å². The fourth-order valence-corrected chi connectivity index (χ4v) is 2.49. The molecule has 0 aliphatic carbocycles. The second kappa shape index (κ2) is 6.35. The van der Waals surface area contributed by atoms with Crippen LogP contribution in [0.2, 0.25) is 5.02 Å². The van der Waals surface area contributed by atoms with E-state index in [1.807, 2.05) is 0 Å². The molecule has 0 saturated heterocycles. The number of anilines is 2. The second-order valence-corrected chi connectivity index (χ2v) is 5.51. The van der Waals surface area contributed by atoms with Crippen LogP contribution in [0, 0.1) is 20.2 Å². The van der Waals surface area contributed by atoms with Crippen LogP contribution in [0.1, 0.15) is 5.56 Å². The van der Waals surface area contributed by atoms with Gasteiger partial charge >= 0.3 is 17.6 Å². The van der Waals surface area contributed by atoms with Gasteiger partial charge in [-0.1, -0.05) is 11.6 Å². The first-order valence-electron chi connectivity index (χ1n) is 6.81. The van der Waals surface area contributed by atoms with Gasteiger partial charge in [0.1, 0.15) is 5.69 Å². The second-order valence-electron chi connectivity index (χ2n) is 5.08. The van der Waals surface area contributed by atoms with Gasteiger partial charge in [0, 0.05) is 5.02 Å². The normalized spacial score (nSPS) is 11.6. The minimum atomic E-state index is -4.83. The monoisotopic (exact) mass is 403 g/mol. The lowest BCUT2D eigenvalue weighted by Gasteiger charge is -2.15. The van der Waals surface area contributed by atoms with Crippen LogP contribution in [-0.2, 0) is 6.18 Å². The average molecular weight is 404 g/mol. The number of benzene rings is 2. The Bertz CT molecular complexity index is 1080. The van der Waals surface area contributed by atoms with Crippen molar-refractivity contribution in [1.29, 1.82) is 0 Å². The number of hydrogen-bond acceptors (Lipinski definition) is 8. The highest BCUT2D eigenvalue weighted by molar-refractivity contribution is 6.30. The SMILES string of the molecule is O=[N+]([O-])c1cc([N+](=O)[O-])c2nonc2c1Nc1ccc(Cl)cc1C(F)(F)F. The van der Waals surface area contributed by atoms with Crippen LogP contribution < -0.4 is 5.32 Å². The molecule has 1 N–H and O–H groups in total. The predicted molar refractivity (Wildman–Crippen MR) is 84.8 cm³/mol. The van der Waals surface area contributed by atoms with Crippen LogP contribution >= 0.6 is 11.6 Å². The van der Waals surface area contributed by atoms with Crippen molar-refractivity contribution in [2.45, 2.75) is 6.18 Å². The molecule has 1 aromatic heterocycles. The van der Waals surface area contributed by atoms with Gasteiger partial charge in [0.15, 0.2) is 5.52 Å². The lowest BCUT2D eigenvalue weighted by Crippen LogP contribution is -2.10. The molecule has 0 bridgehead atoms. The van der Waals surface area contributed by atoms with Crippen molar-refractivity contribution in [3.63, 3.8) is 0 Å². The van der Waals surface area contributed by atoms with E-state index in [1.54, 1.807) is 0 Å². The summed E-state index contributed by atoms with van der Waals surface area (Å²) in [4.78, 5) is 20.4. The van der Waals surface area contributed by atoms with Gasteiger partial charge in [-0.05, 0) is 28.5 Å². The number of non-ortho nitro benzene ring substituents is 1. The maximum Gasteiger partial charge on any atom is 0.418 e. The van der Waals surface area contributed by atoms with E-state index in [2.05, 4.69) is 20.3 Å². The highest BCUT2D eigenvalue weighted by Crippen LogP contribution is 2.42. The van der Waals surface area contributed by atoms with Crippen molar-refractivity contribution >= 4 is 45.4 Å². The molecule has 3 rings (SSSR count). The molecule has 0 unspecified atom stereocenters. The number of aromatic nitrogens is 2. The number of alkyl halides is 3. The standard InChI is InChI=1S/C13H5ClF3N5O5/c14-5-1-2-7(6(3-5)13(15,16)17)18-10-8(21(23)24)4-9(22(25)26)11-12(10)20-27-19-11/h1-4,18H. The zero-order valence-corrected chi connectivity index (χ0v) is 13.4. The molecule has 0 spiro atoms. The summed E-state index contributed by atoms with van der Waals surface area (Å²) in [5.41, 5.74) is -4.92. The summed E-state index contributed by atoms with van der Waals surface area (Å²) in [5.74, 6) is 0. The highest BCUT2D eigenvalue weighted by Gasteiger charge is 2.36. The summed E-state index contributed by atoms with van der Waals surface area (Å²) in [6.45, 7) is 0. The van der Waals surface area contributed by atoms with Crippen LogP contribution in [-0.4, -0.2) is 20.2 Å². The van der Waals surface area contributed by atoms with Gasteiger partial charge in [0.2, 0.25) is 5.52 Å². The van der Waals surface area contributed by atoms with Crippen LogP contribution in [0.5, 0.6) is 0 Å². The van der Waals surface area contributed by atoms with E-state index < -0.39 is 55.4 Å². The molecule has 0 amide bonds. The van der Waals surface area contributed by atoms with E-state index in [0.29, 0.717) is 12.1 Å². The largest absolute Gasteiger partial charge is 0.418 e. The molecule has 0 radical (unpaired) electrons. The molecule has 0 aliphatic heterocycles. The zero-order valence-electron chi connectivity index (χ0n) is 12.7. The summed E-state index contributed by atoms with van der Waals surface area (Å²) in [6, 6.07) is 3.27. The highest BCUT2D eigenvalue weighted by atomic mass is 35.5. The first-order valence-corrected chi connectivity index (χ1v) is 7.19. The molecule has 0 fully saturated rings. The number of nitrogens with one attached hydrogen (secondary N) is 1. The molecule has 3 aromatic rings. The van der Waals surface area contributed by atoms with Gasteiger partial charge in [-0.2, -0.15) is 13.2 Å². The molecular weight excluding hydrogens is 399 g/mol. The first kappa shape index (κ1) is 18.3. The minimum absolute atomic E-state index is 0.209. The average Bonchev–Trinajstić information content (AvgIpc) is 3.04. The van der Waals surface area contributed by atoms with Crippen molar-refractivity contribution in [3.8, 4) is 0 Å². The molecule has 10 nitrogen and oxygen atoms in total.